The van der Waals surface area contributed by atoms with Crippen LogP contribution in [0.25, 0.3) is 0 Å². The topological polar surface area (TPSA) is 68.0 Å². The molecule has 6 heteroatoms. The first kappa shape index (κ1) is 15.0. The summed E-state index contributed by atoms with van der Waals surface area (Å²) >= 11 is 6.49. The van der Waals surface area contributed by atoms with E-state index in [2.05, 4.69) is 10.3 Å². The van der Waals surface area contributed by atoms with Crippen molar-refractivity contribution in [3.63, 3.8) is 0 Å². The molecule has 2 unspecified atom stereocenters. The van der Waals surface area contributed by atoms with Gasteiger partial charge in [-0.1, -0.05) is 26.1 Å². The molecule has 18 heavy (non-hydrogen) atoms. The highest BCUT2D eigenvalue weighted by Crippen LogP contribution is 2.19. The number of thiocarbonyl (C=S) groups is 1. The highest BCUT2D eigenvalue weighted by Gasteiger charge is 2.26. The molecule has 0 aromatic carbocycles. The van der Waals surface area contributed by atoms with Crippen LogP contribution in [0, 0.1) is 18.8 Å². The minimum Gasteiger partial charge on any atom is -0.393 e. The number of hydrogen-bond donors (Lipinski definition) is 2. The van der Waals surface area contributed by atoms with Crippen LogP contribution in [0.3, 0.4) is 0 Å². The highest BCUT2D eigenvalue weighted by atomic mass is 32.1. The summed E-state index contributed by atoms with van der Waals surface area (Å²) in [7, 11) is 0. The van der Waals surface area contributed by atoms with Gasteiger partial charge in [-0.25, -0.2) is 4.98 Å². The van der Waals surface area contributed by atoms with Crippen molar-refractivity contribution in [3.05, 3.63) is 16.1 Å². The van der Waals surface area contributed by atoms with Crippen molar-refractivity contribution in [3.8, 4) is 0 Å². The zero-order chi connectivity index (χ0) is 13.9. The molecule has 1 amide bonds. The Morgan fingerprint density at radius 2 is 2.11 bits per heavy atom. The normalized spacial score (nSPS) is 14.3. The number of aromatic nitrogens is 1. The molecular weight excluding hydrogens is 266 g/mol. The van der Waals surface area contributed by atoms with Gasteiger partial charge in [0.2, 0.25) is 5.91 Å². The molecule has 1 rings (SSSR count). The van der Waals surface area contributed by atoms with Crippen molar-refractivity contribution in [2.24, 2.45) is 17.6 Å². The zero-order valence-electron chi connectivity index (χ0n) is 11.1. The van der Waals surface area contributed by atoms with Gasteiger partial charge in [0.1, 0.15) is 5.01 Å². The fourth-order valence-electron chi connectivity index (χ4n) is 1.70. The number of aryl methyl sites for hydroxylation is 1. The molecule has 0 fully saturated rings. The zero-order valence-corrected chi connectivity index (χ0v) is 12.7. The Hall–Kier alpha value is -1.01. The van der Waals surface area contributed by atoms with Gasteiger partial charge in [-0.2, -0.15) is 0 Å². The fourth-order valence-corrected chi connectivity index (χ4v) is 2.88. The lowest BCUT2D eigenvalue weighted by Gasteiger charge is -2.21. The Morgan fingerprint density at radius 3 is 2.50 bits per heavy atom. The molecule has 0 aliphatic rings. The number of hydrogen-bond acceptors (Lipinski definition) is 4. The lowest BCUT2D eigenvalue weighted by atomic mass is 9.95. The number of thiazole rings is 1. The molecule has 1 heterocycles. The van der Waals surface area contributed by atoms with E-state index in [1.54, 1.807) is 0 Å². The van der Waals surface area contributed by atoms with Crippen LogP contribution in [0.1, 0.15) is 37.5 Å². The number of nitrogens with one attached hydrogen (secondary N) is 1. The molecule has 3 N–H and O–H groups in total. The molecule has 0 spiro atoms. The van der Waals surface area contributed by atoms with Crippen LogP contribution in [0.4, 0.5) is 0 Å². The molecule has 1 aromatic heterocycles. The fraction of sp³-hybridized carbons (Fsp3) is 0.583. The monoisotopic (exact) mass is 285 g/mol. The van der Waals surface area contributed by atoms with Crippen LogP contribution in [-0.4, -0.2) is 15.9 Å². The summed E-state index contributed by atoms with van der Waals surface area (Å²) in [6.45, 7) is 7.71. The van der Waals surface area contributed by atoms with Crippen molar-refractivity contribution in [2.45, 2.75) is 33.7 Å². The van der Waals surface area contributed by atoms with Crippen LogP contribution in [0.15, 0.2) is 5.38 Å². The molecule has 1 aromatic rings. The molecular formula is C12H19N3OS2. The van der Waals surface area contributed by atoms with Gasteiger partial charge in [0.05, 0.1) is 16.9 Å². The Labute approximate surface area is 117 Å². The van der Waals surface area contributed by atoms with E-state index in [9.17, 15) is 4.79 Å². The second-order valence-corrected chi connectivity index (χ2v) is 6.04. The maximum Gasteiger partial charge on any atom is 0.230 e. The van der Waals surface area contributed by atoms with Gasteiger partial charge in [0.25, 0.3) is 0 Å². The van der Waals surface area contributed by atoms with Crippen LogP contribution in [-0.2, 0) is 4.79 Å². The third-order valence-corrected chi connectivity index (χ3v) is 4.02. The smallest absolute Gasteiger partial charge is 0.230 e. The Kier molecular flexibility index (Phi) is 5.22. The number of nitrogens with zero attached hydrogens (tertiary/aromatic N) is 1. The van der Waals surface area contributed by atoms with Crippen LogP contribution < -0.4 is 11.1 Å². The number of amides is 1. The van der Waals surface area contributed by atoms with Crippen molar-refractivity contribution < 1.29 is 4.79 Å². The third kappa shape index (κ3) is 3.74. The van der Waals surface area contributed by atoms with E-state index < -0.39 is 5.92 Å². The van der Waals surface area contributed by atoms with Crippen LogP contribution >= 0.6 is 23.6 Å². The summed E-state index contributed by atoms with van der Waals surface area (Å²) in [5, 5.41) is 5.77. The Morgan fingerprint density at radius 1 is 1.50 bits per heavy atom. The standard InChI is InChI=1S/C12H19N3OS2/c1-6(2)9(10(13)17)11(16)15-8(4)12-14-7(3)5-18-12/h5-6,8-9H,1-4H3,(H2,13,17)(H,15,16). The SMILES string of the molecule is Cc1csc(C(C)NC(=O)C(C(N)=S)C(C)C)n1. The van der Waals surface area contributed by atoms with Gasteiger partial charge < -0.3 is 11.1 Å². The van der Waals surface area contributed by atoms with Gasteiger partial charge in [0, 0.05) is 11.1 Å². The average Bonchev–Trinajstić information content (AvgIpc) is 2.63. The minimum atomic E-state index is -0.427. The Bertz CT molecular complexity index is 442. The molecule has 0 saturated heterocycles. The molecule has 0 bridgehead atoms. The number of nitrogens with two attached hydrogens (primary N) is 1. The predicted octanol–water partition coefficient (Wildman–Crippen LogP) is 2.19. The van der Waals surface area contributed by atoms with E-state index in [-0.39, 0.29) is 22.9 Å². The van der Waals surface area contributed by atoms with Crippen molar-refractivity contribution in [1.29, 1.82) is 0 Å². The molecule has 2 atom stereocenters. The average molecular weight is 285 g/mol. The van der Waals surface area contributed by atoms with E-state index >= 15 is 0 Å². The second kappa shape index (κ2) is 6.24. The maximum atomic E-state index is 12.1. The second-order valence-electron chi connectivity index (χ2n) is 4.68. The van der Waals surface area contributed by atoms with Crippen LogP contribution in [0.2, 0.25) is 0 Å². The summed E-state index contributed by atoms with van der Waals surface area (Å²) in [5.41, 5.74) is 6.58. The van der Waals surface area contributed by atoms with E-state index in [0.717, 1.165) is 10.7 Å². The van der Waals surface area contributed by atoms with Crippen molar-refractivity contribution in [1.82, 2.24) is 10.3 Å². The highest BCUT2D eigenvalue weighted by molar-refractivity contribution is 7.80. The molecule has 4 nitrogen and oxygen atoms in total. The first-order valence-corrected chi connectivity index (χ1v) is 7.13. The van der Waals surface area contributed by atoms with E-state index in [0.29, 0.717) is 0 Å². The molecule has 0 aliphatic heterocycles. The van der Waals surface area contributed by atoms with Gasteiger partial charge >= 0.3 is 0 Å². The first-order valence-electron chi connectivity index (χ1n) is 5.84. The largest absolute Gasteiger partial charge is 0.393 e. The molecule has 0 radical (unpaired) electrons. The predicted molar refractivity (Wildman–Crippen MR) is 78.5 cm³/mol. The van der Waals surface area contributed by atoms with Gasteiger partial charge in [-0.05, 0) is 19.8 Å². The summed E-state index contributed by atoms with van der Waals surface area (Å²) in [6, 6.07) is -0.119. The Balaban J connectivity index is 2.72. The summed E-state index contributed by atoms with van der Waals surface area (Å²) < 4.78 is 0. The molecule has 0 saturated carbocycles. The van der Waals surface area contributed by atoms with Gasteiger partial charge in [0.15, 0.2) is 0 Å². The first-order chi connectivity index (χ1) is 8.32. The summed E-state index contributed by atoms with van der Waals surface area (Å²) in [5.74, 6) is -0.464. The van der Waals surface area contributed by atoms with E-state index in [1.807, 2.05) is 33.1 Å². The van der Waals surface area contributed by atoms with Crippen molar-refractivity contribution in [2.75, 3.05) is 0 Å². The quantitative estimate of drug-likeness (QED) is 0.814. The number of carbonyl (C=O) groups excluding carboxylic acids is 1. The number of carbonyl (C=O) groups is 1. The van der Waals surface area contributed by atoms with Crippen LogP contribution in [0.5, 0.6) is 0 Å². The maximum absolute atomic E-state index is 12.1. The third-order valence-electron chi connectivity index (χ3n) is 2.62. The lowest BCUT2D eigenvalue weighted by Crippen LogP contribution is -2.41. The van der Waals surface area contributed by atoms with Gasteiger partial charge in [-0.3, -0.25) is 4.79 Å². The van der Waals surface area contributed by atoms with Crippen molar-refractivity contribution >= 4 is 34.5 Å². The molecule has 0 aliphatic carbocycles. The van der Waals surface area contributed by atoms with Gasteiger partial charge in [-0.15, -0.1) is 11.3 Å². The van der Waals surface area contributed by atoms with E-state index in [1.165, 1.54) is 11.3 Å². The minimum absolute atomic E-state index is 0.0905. The molecule has 100 valence electrons. The summed E-state index contributed by atoms with van der Waals surface area (Å²) in [6.07, 6.45) is 0. The number of rotatable bonds is 5. The summed E-state index contributed by atoms with van der Waals surface area (Å²) in [4.78, 5) is 16.7. The van der Waals surface area contributed by atoms with E-state index in [4.69, 9.17) is 18.0 Å². The lowest BCUT2D eigenvalue weighted by molar-refractivity contribution is -0.124.